The molecular formula is C15H19N3O3. The second kappa shape index (κ2) is 6.99. The van der Waals surface area contributed by atoms with Gasteiger partial charge in [0.25, 0.3) is 0 Å². The Kier molecular flexibility index (Phi) is 5.05. The predicted molar refractivity (Wildman–Crippen MR) is 76.2 cm³/mol. The van der Waals surface area contributed by atoms with Gasteiger partial charge in [-0.1, -0.05) is 42.4 Å². The number of nitrogens with zero attached hydrogens (tertiary/aromatic N) is 2. The highest BCUT2D eigenvalue weighted by Gasteiger charge is 2.26. The third-order valence-electron chi connectivity index (χ3n) is 3.27. The molecule has 0 unspecified atom stereocenters. The molecule has 0 fully saturated rings. The van der Waals surface area contributed by atoms with Gasteiger partial charge in [-0.15, -0.1) is 0 Å². The zero-order valence-corrected chi connectivity index (χ0v) is 12.4. The molecular weight excluding hydrogens is 270 g/mol. The van der Waals surface area contributed by atoms with E-state index in [1.807, 2.05) is 37.3 Å². The molecule has 0 bridgehead atoms. The summed E-state index contributed by atoms with van der Waals surface area (Å²) in [5, 5.41) is 7.03. The molecule has 1 aromatic heterocycles. The lowest BCUT2D eigenvalue weighted by Crippen LogP contribution is -2.31. The van der Waals surface area contributed by atoms with Crippen molar-refractivity contribution in [2.24, 2.45) is 5.92 Å². The molecule has 21 heavy (non-hydrogen) atoms. The Bertz CT molecular complexity index is 583. The summed E-state index contributed by atoms with van der Waals surface area (Å²) < 4.78 is 9.92. The van der Waals surface area contributed by atoms with Crippen LogP contribution in [0.4, 0.5) is 0 Å². The van der Waals surface area contributed by atoms with Crippen LogP contribution >= 0.6 is 0 Å². The largest absolute Gasteiger partial charge is 0.469 e. The van der Waals surface area contributed by atoms with Crippen molar-refractivity contribution in [3.8, 4) is 0 Å². The van der Waals surface area contributed by atoms with E-state index in [-0.39, 0.29) is 17.9 Å². The molecule has 1 aromatic carbocycles. The van der Waals surface area contributed by atoms with Crippen LogP contribution < -0.4 is 5.32 Å². The lowest BCUT2D eigenvalue weighted by atomic mass is 9.94. The number of rotatable bonds is 6. The van der Waals surface area contributed by atoms with Gasteiger partial charge >= 0.3 is 5.97 Å². The maximum atomic E-state index is 11.8. The average molecular weight is 289 g/mol. The Hall–Kier alpha value is -2.21. The molecule has 2 rings (SSSR count). The van der Waals surface area contributed by atoms with E-state index in [2.05, 4.69) is 15.5 Å². The van der Waals surface area contributed by atoms with Gasteiger partial charge in [0.2, 0.25) is 5.89 Å². The second-order valence-corrected chi connectivity index (χ2v) is 4.82. The fourth-order valence-corrected chi connectivity index (χ4v) is 2.17. The molecule has 0 aliphatic carbocycles. The summed E-state index contributed by atoms with van der Waals surface area (Å²) in [6.45, 7) is 3.98. The van der Waals surface area contributed by atoms with E-state index in [9.17, 15) is 4.79 Å². The first-order valence-electron chi connectivity index (χ1n) is 6.77. The van der Waals surface area contributed by atoms with E-state index >= 15 is 0 Å². The van der Waals surface area contributed by atoms with Crippen molar-refractivity contribution in [3.63, 3.8) is 0 Å². The monoisotopic (exact) mass is 289 g/mol. The number of nitrogens with one attached hydrogen (secondary N) is 1. The van der Waals surface area contributed by atoms with Crippen molar-refractivity contribution < 1.29 is 14.1 Å². The van der Waals surface area contributed by atoms with Gasteiger partial charge in [0.15, 0.2) is 5.82 Å². The fraction of sp³-hybridized carbons (Fsp3) is 0.400. The van der Waals surface area contributed by atoms with Gasteiger partial charge in [-0.2, -0.15) is 4.98 Å². The lowest BCUT2D eigenvalue weighted by molar-refractivity contribution is -0.146. The van der Waals surface area contributed by atoms with Crippen molar-refractivity contribution in [1.29, 1.82) is 0 Å². The Labute approximate surface area is 123 Å². The van der Waals surface area contributed by atoms with Gasteiger partial charge in [0.1, 0.15) is 0 Å². The van der Waals surface area contributed by atoms with Crippen LogP contribution in [0.25, 0.3) is 0 Å². The minimum absolute atomic E-state index is 0.189. The van der Waals surface area contributed by atoms with Crippen molar-refractivity contribution in [3.05, 3.63) is 47.6 Å². The minimum atomic E-state index is -0.332. The number of hydrogen-bond donors (Lipinski definition) is 1. The Balaban J connectivity index is 2.14. The van der Waals surface area contributed by atoms with E-state index < -0.39 is 0 Å². The van der Waals surface area contributed by atoms with Gasteiger partial charge in [-0.05, 0) is 12.5 Å². The van der Waals surface area contributed by atoms with Gasteiger partial charge in [-0.3, -0.25) is 4.79 Å². The van der Waals surface area contributed by atoms with Gasteiger partial charge in [0.05, 0.1) is 19.6 Å². The summed E-state index contributed by atoms with van der Waals surface area (Å²) in [5.41, 5.74) is 1.01. The third-order valence-corrected chi connectivity index (χ3v) is 3.27. The zero-order chi connectivity index (χ0) is 15.2. The Morgan fingerprint density at radius 3 is 2.67 bits per heavy atom. The molecule has 6 nitrogen and oxygen atoms in total. The molecule has 0 aliphatic heterocycles. The van der Waals surface area contributed by atoms with E-state index in [1.165, 1.54) is 7.11 Å². The quantitative estimate of drug-likeness (QED) is 0.820. The van der Waals surface area contributed by atoms with Crippen molar-refractivity contribution in [2.75, 3.05) is 7.11 Å². The summed E-state index contributed by atoms with van der Waals surface area (Å²) in [4.78, 5) is 16.0. The molecule has 6 heteroatoms. The number of aryl methyl sites for hydroxylation is 1. The van der Waals surface area contributed by atoms with E-state index in [1.54, 1.807) is 6.92 Å². The highest BCUT2D eigenvalue weighted by Crippen LogP contribution is 2.23. The van der Waals surface area contributed by atoms with Gasteiger partial charge < -0.3 is 14.6 Å². The highest BCUT2D eigenvalue weighted by atomic mass is 16.5. The first-order valence-corrected chi connectivity index (χ1v) is 6.77. The first-order chi connectivity index (χ1) is 10.1. The molecule has 0 saturated carbocycles. The topological polar surface area (TPSA) is 77.2 Å². The average Bonchev–Trinajstić information content (AvgIpc) is 2.93. The lowest BCUT2D eigenvalue weighted by Gasteiger charge is -2.23. The van der Waals surface area contributed by atoms with E-state index in [0.717, 1.165) is 5.56 Å². The summed E-state index contributed by atoms with van der Waals surface area (Å²) in [7, 11) is 1.39. The SMILES string of the molecule is COC(=O)[C@@H](C)[C@H](NCc1nc(C)no1)c1ccccc1. The Morgan fingerprint density at radius 2 is 2.10 bits per heavy atom. The summed E-state index contributed by atoms with van der Waals surface area (Å²) >= 11 is 0. The molecule has 0 amide bonds. The van der Waals surface area contributed by atoms with E-state index in [0.29, 0.717) is 18.3 Å². The minimum Gasteiger partial charge on any atom is -0.469 e. The molecule has 2 aromatic rings. The smallest absolute Gasteiger partial charge is 0.310 e. The van der Waals surface area contributed by atoms with Crippen molar-refractivity contribution in [2.45, 2.75) is 26.4 Å². The number of aromatic nitrogens is 2. The van der Waals surface area contributed by atoms with Crippen LogP contribution in [-0.4, -0.2) is 23.2 Å². The van der Waals surface area contributed by atoms with Crippen LogP contribution in [0.2, 0.25) is 0 Å². The van der Waals surface area contributed by atoms with Crippen LogP contribution in [0, 0.1) is 12.8 Å². The third kappa shape index (κ3) is 3.88. The second-order valence-electron chi connectivity index (χ2n) is 4.82. The fourth-order valence-electron chi connectivity index (χ4n) is 2.17. The Morgan fingerprint density at radius 1 is 1.38 bits per heavy atom. The number of ether oxygens (including phenoxy) is 1. The van der Waals surface area contributed by atoms with Crippen LogP contribution in [-0.2, 0) is 16.1 Å². The van der Waals surface area contributed by atoms with Gasteiger partial charge in [-0.25, -0.2) is 0 Å². The maximum Gasteiger partial charge on any atom is 0.310 e. The number of hydrogen-bond acceptors (Lipinski definition) is 6. The van der Waals surface area contributed by atoms with Crippen LogP contribution in [0.15, 0.2) is 34.9 Å². The molecule has 1 heterocycles. The number of esters is 1. The van der Waals surface area contributed by atoms with E-state index in [4.69, 9.17) is 9.26 Å². The molecule has 2 atom stereocenters. The summed E-state index contributed by atoms with van der Waals surface area (Å²) in [6, 6.07) is 9.55. The van der Waals surface area contributed by atoms with Crippen molar-refractivity contribution >= 4 is 5.97 Å². The summed E-state index contributed by atoms with van der Waals surface area (Å²) in [6.07, 6.45) is 0. The normalized spacial score (nSPS) is 13.7. The molecule has 0 spiro atoms. The molecule has 1 N–H and O–H groups in total. The van der Waals surface area contributed by atoms with Crippen LogP contribution in [0.5, 0.6) is 0 Å². The van der Waals surface area contributed by atoms with Crippen LogP contribution in [0.3, 0.4) is 0 Å². The molecule has 0 radical (unpaired) electrons. The molecule has 0 aliphatic rings. The summed E-state index contributed by atoms with van der Waals surface area (Å²) in [5.74, 6) is 0.481. The van der Waals surface area contributed by atoms with Crippen LogP contribution in [0.1, 0.15) is 30.2 Å². The standard InChI is InChI=1S/C15H19N3O3/c1-10(15(19)20-3)14(12-7-5-4-6-8-12)16-9-13-17-11(2)18-21-13/h4-8,10,14,16H,9H2,1-3H3/t10-,14-/m0/s1. The van der Waals surface area contributed by atoms with Crippen molar-refractivity contribution in [1.82, 2.24) is 15.5 Å². The maximum absolute atomic E-state index is 11.8. The zero-order valence-electron chi connectivity index (χ0n) is 12.4. The first kappa shape index (κ1) is 15.2. The number of benzene rings is 1. The highest BCUT2D eigenvalue weighted by molar-refractivity contribution is 5.73. The molecule has 112 valence electrons. The number of carbonyl (C=O) groups is 1. The predicted octanol–water partition coefficient (Wildman–Crippen LogP) is 2.02. The number of methoxy groups -OCH3 is 1. The number of carbonyl (C=O) groups excluding carboxylic acids is 1. The molecule has 0 saturated heterocycles. The van der Waals surface area contributed by atoms with Gasteiger partial charge in [0, 0.05) is 6.04 Å².